The molecule has 4 rings (SSSR count). The number of benzene rings is 3. The summed E-state index contributed by atoms with van der Waals surface area (Å²) < 4.78 is 22.3. The van der Waals surface area contributed by atoms with Crippen molar-refractivity contribution in [3.05, 3.63) is 94.1 Å². The van der Waals surface area contributed by atoms with E-state index in [4.69, 9.17) is 30.5 Å². The molecule has 0 radical (unpaired) electrons. The third-order valence-electron chi connectivity index (χ3n) is 4.82. The number of aliphatic imine (C=N–C) groups is 1. The van der Waals surface area contributed by atoms with Crippen LogP contribution in [0.15, 0.2) is 77.4 Å². The van der Waals surface area contributed by atoms with Crippen LogP contribution in [0.5, 0.6) is 17.2 Å². The minimum absolute atomic E-state index is 0.199. The summed E-state index contributed by atoms with van der Waals surface area (Å²) in [5.74, 6) is 1.54. The van der Waals surface area contributed by atoms with Crippen molar-refractivity contribution in [2.45, 2.75) is 13.5 Å². The maximum Gasteiger partial charge on any atom is 0.363 e. The molecule has 3 aromatic rings. The van der Waals surface area contributed by atoms with E-state index in [1.54, 1.807) is 37.5 Å². The van der Waals surface area contributed by atoms with E-state index in [0.717, 1.165) is 11.1 Å². The van der Waals surface area contributed by atoms with Crippen LogP contribution in [0.4, 0.5) is 0 Å². The van der Waals surface area contributed by atoms with Crippen LogP contribution >= 0.6 is 11.6 Å². The second-order valence-corrected chi connectivity index (χ2v) is 7.56. The third kappa shape index (κ3) is 5.54. The fourth-order valence-corrected chi connectivity index (χ4v) is 3.32. The summed E-state index contributed by atoms with van der Waals surface area (Å²) in [7, 11) is 1.58. The molecule has 1 aliphatic rings. The number of cyclic esters (lactones) is 1. The number of ether oxygens (including phenoxy) is 4. The van der Waals surface area contributed by atoms with E-state index in [0.29, 0.717) is 41.0 Å². The number of methoxy groups -OCH3 is 1. The molecule has 0 atom stereocenters. The minimum Gasteiger partial charge on any atom is -0.497 e. The first kappa shape index (κ1) is 22.4. The lowest BCUT2D eigenvalue weighted by Crippen LogP contribution is -2.05. The van der Waals surface area contributed by atoms with Crippen molar-refractivity contribution >= 4 is 29.5 Å². The normalized spacial score (nSPS) is 14.1. The van der Waals surface area contributed by atoms with E-state index in [9.17, 15) is 4.79 Å². The molecule has 1 aliphatic heterocycles. The molecule has 6 nitrogen and oxygen atoms in total. The molecule has 0 N–H and O–H groups in total. The number of hydrogen-bond acceptors (Lipinski definition) is 6. The maximum atomic E-state index is 12.4. The minimum atomic E-state index is -0.520. The van der Waals surface area contributed by atoms with Gasteiger partial charge in [-0.05, 0) is 66.6 Å². The van der Waals surface area contributed by atoms with Crippen molar-refractivity contribution in [3.63, 3.8) is 0 Å². The zero-order valence-corrected chi connectivity index (χ0v) is 19.0. The van der Waals surface area contributed by atoms with Gasteiger partial charge in [-0.3, -0.25) is 0 Å². The van der Waals surface area contributed by atoms with Gasteiger partial charge in [0.25, 0.3) is 0 Å². The molecule has 0 aliphatic carbocycles. The van der Waals surface area contributed by atoms with Gasteiger partial charge in [0.05, 0.1) is 13.7 Å². The third-order valence-corrected chi connectivity index (χ3v) is 5.07. The van der Waals surface area contributed by atoms with Crippen LogP contribution in [-0.4, -0.2) is 25.6 Å². The quantitative estimate of drug-likeness (QED) is 0.318. The number of esters is 1. The molecule has 168 valence electrons. The first-order valence-electron chi connectivity index (χ1n) is 10.4. The Bertz CT molecular complexity index is 1220. The van der Waals surface area contributed by atoms with Gasteiger partial charge >= 0.3 is 5.97 Å². The van der Waals surface area contributed by atoms with E-state index in [1.807, 2.05) is 49.4 Å². The summed E-state index contributed by atoms with van der Waals surface area (Å²) in [4.78, 5) is 16.7. The summed E-state index contributed by atoms with van der Waals surface area (Å²) in [5.41, 5.74) is 2.58. The first-order valence-corrected chi connectivity index (χ1v) is 10.7. The molecule has 0 aromatic heterocycles. The van der Waals surface area contributed by atoms with E-state index in [2.05, 4.69) is 4.99 Å². The average molecular weight is 464 g/mol. The van der Waals surface area contributed by atoms with Crippen LogP contribution in [0, 0.1) is 0 Å². The van der Waals surface area contributed by atoms with E-state index in [1.165, 1.54) is 0 Å². The van der Waals surface area contributed by atoms with Crippen LogP contribution in [0.3, 0.4) is 0 Å². The number of halogens is 1. The van der Waals surface area contributed by atoms with Crippen LogP contribution < -0.4 is 14.2 Å². The van der Waals surface area contributed by atoms with Gasteiger partial charge in [0, 0.05) is 10.6 Å². The fraction of sp³-hybridized carbons (Fsp3) is 0.154. The largest absolute Gasteiger partial charge is 0.497 e. The van der Waals surface area contributed by atoms with Crippen molar-refractivity contribution in [1.82, 2.24) is 0 Å². The number of carbonyl (C=O) groups excluding carboxylic acids is 1. The molecule has 0 saturated carbocycles. The monoisotopic (exact) mass is 463 g/mol. The molecule has 0 spiro atoms. The van der Waals surface area contributed by atoms with Crippen LogP contribution in [0.25, 0.3) is 6.08 Å². The van der Waals surface area contributed by atoms with E-state index in [-0.39, 0.29) is 11.6 Å². The molecular formula is C26H22ClNO5. The number of hydrogen-bond donors (Lipinski definition) is 0. The van der Waals surface area contributed by atoms with Gasteiger partial charge in [0.2, 0.25) is 5.90 Å². The molecule has 0 bridgehead atoms. The molecule has 7 heteroatoms. The summed E-state index contributed by atoms with van der Waals surface area (Å²) in [6.07, 6.45) is 1.65. The molecule has 0 fully saturated rings. The lowest BCUT2D eigenvalue weighted by Gasteiger charge is -2.13. The predicted molar refractivity (Wildman–Crippen MR) is 127 cm³/mol. The predicted octanol–water partition coefficient (Wildman–Crippen LogP) is 5.67. The van der Waals surface area contributed by atoms with Gasteiger partial charge in [0.15, 0.2) is 17.2 Å². The molecule has 33 heavy (non-hydrogen) atoms. The van der Waals surface area contributed by atoms with Gasteiger partial charge in [-0.25, -0.2) is 9.79 Å². The van der Waals surface area contributed by atoms with Crippen LogP contribution in [-0.2, 0) is 16.1 Å². The second kappa shape index (κ2) is 10.2. The van der Waals surface area contributed by atoms with Crippen molar-refractivity contribution in [2.24, 2.45) is 4.99 Å². The van der Waals surface area contributed by atoms with Gasteiger partial charge < -0.3 is 18.9 Å². The lowest BCUT2D eigenvalue weighted by atomic mass is 10.1. The molecule has 3 aromatic carbocycles. The summed E-state index contributed by atoms with van der Waals surface area (Å²) in [6.45, 7) is 2.74. The molecule has 0 unspecified atom stereocenters. The molecule has 1 heterocycles. The van der Waals surface area contributed by atoms with Crippen molar-refractivity contribution in [1.29, 1.82) is 0 Å². The zero-order valence-electron chi connectivity index (χ0n) is 18.2. The van der Waals surface area contributed by atoms with Gasteiger partial charge in [-0.15, -0.1) is 0 Å². The topological polar surface area (TPSA) is 66.3 Å². The standard InChI is InChI=1S/C26H22ClNO5/c1-3-31-24-14-18(9-12-23(24)32-16-17-7-10-20(27)11-8-17)13-22-26(29)33-25(28-22)19-5-4-6-21(15-19)30-2/h4-15H,3,16H2,1-2H3/b22-13-. The smallest absolute Gasteiger partial charge is 0.363 e. The van der Waals surface area contributed by atoms with Crippen molar-refractivity contribution < 1.29 is 23.7 Å². The van der Waals surface area contributed by atoms with E-state index < -0.39 is 5.97 Å². The van der Waals surface area contributed by atoms with Crippen molar-refractivity contribution in [3.8, 4) is 17.2 Å². The first-order chi connectivity index (χ1) is 16.1. The van der Waals surface area contributed by atoms with Crippen LogP contribution in [0.1, 0.15) is 23.6 Å². The van der Waals surface area contributed by atoms with Gasteiger partial charge in [0.1, 0.15) is 12.4 Å². The number of nitrogens with zero attached hydrogens (tertiary/aromatic N) is 1. The molecule has 0 saturated heterocycles. The highest BCUT2D eigenvalue weighted by molar-refractivity contribution is 6.30. The summed E-state index contributed by atoms with van der Waals surface area (Å²) in [5, 5.41) is 0.675. The van der Waals surface area contributed by atoms with Gasteiger partial charge in [-0.2, -0.15) is 0 Å². The Balaban J connectivity index is 1.55. The Labute approximate surface area is 197 Å². The summed E-state index contributed by atoms with van der Waals surface area (Å²) >= 11 is 5.94. The maximum absolute atomic E-state index is 12.4. The SMILES string of the molecule is CCOc1cc(/C=C2\N=C(c3cccc(OC)c3)OC2=O)ccc1OCc1ccc(Cl)cc1. The highest BCUT2D eigenvalue weighted by atomic mass is 35.5. The zero-order chi connectivity index (χ0) is 23.2. The Morgan fingerprint density at radius 1 is 1.00 bits per heavy atom. The highest BCUT2D eigenvalue weighted by Crippen LogP contribution is 2.31. The fourth-order valence-electron chi connectivity index (χ4n) is 3.19. The number of rotatable bonds is 8. The highest BCUT2D eigenvalue weighted by Gasteiger charge is 2.24. The van der Waals surface area contributed by atoms with E-state index >= 15 is 0 Å². The Kier molecular flexibility index (Phi) is 6.95. The molecule has 0 amide bonds. The summed E-state index contributed by atoms with van der Waals surface area (Å²) in [6, 6.07) is 20.1. The average Bonchev–Trinajstić information content (AvgIpc) is 3.20. The lowest BCUT2D eigenvalue weighted by molar-refractivity contribution is -0.129. The molecular weight excluding hydrogens is 442 g/mol. The van der Waals surface area contributed by atoms with Crippen LogP contribution in [0.2, 0.25) is 5.02 Å². The Morgan fingerprint density at radius 2 is 1.82 bits per heavy atom. The Hall–Kier alpha value is -3.77. The second-order valence-electron chi connectivity index (χ2n) is 7.12. The van der Waals surface area contributed by atoms with Gasteiger partial charge in [-0.1, -0.05) is 35.9 Å². The Morgan fingerprint density at radius 3 is 2.58 bits per heavy atom. The van der Waals surface area contributed by atoms with Crippen molar-refractivity contribution in [2.75, 3.05) is 13.7 Å². The number of carbonyl (C=O) groups is 1.